The summed E-state index contributed by atoms with van der Waals surface area (Å²) in [5.74, 6) is -0.767. The van der Waals surface area contributed by atoms with E-state index in [2.05, 4.69) is 4.72 Å². The molecule has 0 radical (unpaired) electrons. The predicted octanol–water partition coefficient (Wildman–Crippen LogP) is 3.04. The maximum Gasteiger partial charge on any atom is 0.336 e. The smallest absolute Gasteiger partial charge is 0.336 e. The molecular formula is C22H21NO6S. The number of hydrogen-bond acceptors (Lipinski definition) is 6. The molecule has 0 atom stereocenters. The molecule has 3 aromatic rings. The average molecular weight is 427 g/mol. The highest BCUT2D eigenvalue weighted by molar-refractivity contribution is 7.92. The van der Waals surface area contributed by atoms with E-state index < -0.39 is 28.2 Å². The second-order valence-corrected chi connectivity index (χ2v) is 8.41. The Morgan fingerprint density at radius 2 is 1.80 bits per heavy atom. The number of hydrogen-bond donors (Lipinski definition) is 1. The molecular weight excluding hydrogens is 406 g/mol. The zero-order chi connectivity index (χ0) is 21.7. The number of rotatable bonds is 7. The number of ether oxygens (including phenoxy) is 1. The lowest BCUT2D eigenvalue weighted by Gasteiger charge is -2.09. The van der Waals surface area contributed by atoms with Crippen molar-refractivity contribution < 1.29 is 22.4 Å². The Labute approximate surface area is 174 Å². The molecule has 0 fully saturated rings. The van der Waals surface area contributed by atoms with Gasteiger partial charge in [-0.1, -0.05) is 30.3 Å². The number of aryl methyl sites for hydroxylation is 2. The van der Waals surface area contributed by atoms with Gasteiger partial charge in [-0.3, -0.25) is 4.79 Å². The van der Waals surface area contributed by atoms with Gasteiger partial charge in [-0.15, -0.1) is 0 Å². The maximum absolute atomic E-state index is 12.0. The van der Waals surface area contributed by atoms with Gasteiger partial charge < -0.3 is 9.15 Å². The van der Waals surface area contributed by atoms with Crippen molar-refractivity contribution >= 4 is 33.0 Å². The molecule has 1 N–H and O–H groups in total. The Kier molecular flexibility index (Phi) is 6.49. The van der Waals surface area contributed by atoms with Gasteiger partial charge in [-0.2, -0.15) is 0 Å². The van der Waals surface area contributed by atoms with Crippen LogP contribution >= 0.6 is 0 Å². The minimum atomic E-state index is -3.81. The number of carbonyl (C=O) groups is 1. The Balaban J connectivity index is 1.63. The SMILES string of the molecule is Cc1cc2oc(=O)cc(COC(=O)CNS(=O)(=O)/C=C/c3ccccc3)c2cc1C. The number of fused-ring (bicyclic) bond motifs is 1. The number of esters is 1. The number of benzene rings is 2. The molecule has 0 aliphatic rings. The van der Waals surface area contributed by atoms with E-state index in [-0.39, 0.29) is 6.61 Å². The molecule has 0 bridgehead atoms. The van der Waals surface area contributed by atoms with Crippen molar-refractivity contribution in [2.24, 2.45) is 0 Å². The van der Waals surface area contributed by atoms with E-state index in [0.29, 0.717) is 22.1 Å². The average Bonchev–Trinajstić information content (AvgIpc) is 2.71. The van der Waals surface area contributed by atoms with E-state index in [0.717, 1.165) is 16.5 Å². The van der Waals surface area contributed by atoms with E-state index in [1.165, 1.54) is 12.1 Å². The van der Waals surface area contributed by atoms with Gasteiger partial charge in [-0.05, 0) is 48.7 Å². The molecule has 8 heteroatoms. The van der Waals surface area contributed by atoms with E-state index in [1.54, 1.807) is 30.3 Å². The largest absolute Gasteiger partial charge is 0.460 e. The molecule has 0 aliphatic heterocycles. The fourth-order valence-electron chi connectivity index (χ4n) is 2.75. The molecule has 0 saturated heterocycles. The number of nitrogens with one attached hydrogen (secondary N) is 1. The van der Waals surface area contributed by atoms with E-state index in [4.69, 9.17) is 9.15 Å². The quantitative estimate of drug-likeness (QED) is 0.459. The summed E-state index contributed by atoms with van der Waals surface area (Å²) in [6, 6.07) is 13.8. The molecule has 0 spiro atoms. The Morgan fingerprint density at radius 1 is 1.10 bits per heavy atom. The summed E-state index contributed by atoms with van der Waals surface area (Å²) in [5.41, 5.74) is 3.03. The third kappa shape index (κ3) is 5.65. The highest BCUT2D eigenvalue weighted by Gasteiger charge is 2.13. The molecule has 1 heterocycles. The Hall–Kier alpha value is -3.23. The van der Waals surface area contributed by atoms with Crippen LogP contribution in [0.4, 0.5) is 0 Å². The van der Waals surface area contributed by atoms with Crippen LogP contribution in [0.15, 0.2) is 63.2 Å². The van der Waals surface area contributed by atoms with E-state index >= 15 is 0 Å². The van der Waals surface area contributed by atoms with Crippen LogP contribution in [0.1, 0.15) is 22.3 Å². The van der Waals surface area contributed by atoms with Crippen LogP contribution in [-0.4, -0.2) is 20.9 Å². The van der Waals surface area contributed by atoms with Crippen molar-refractivity contribution in [1.29, 1.82) is 0 Å². The first-order chi connectivity index (χ1) is 14.2. The monoisotopic (exact) mass is 427 g/mol. The first kappa shape index (κ1) is 21.5. The van der Waals surface area contributed by atoms with E-state index in [9.17, 15) is 18.0 Å². The zero-order valence-electron chi connectivity index (χ0n) is 16.5. The van der Waals surface area contributed by atoms with Gasteiger partial charge in [-0.25, -0.2) is 17.9 Å². The summed E-state index contributed by atoms with van der Waals surface area (Å²) in [6.07, 6.45) is 1.42. The van der Waals surface area contributed by atoms with Gasteiger partial charge in [0.05, 0.1) is 0 Å². The molecule has 156 valence electrons. The maximum atomic E-state index is 12.0. The van der Waals surface area contributed by atoms with Crippen LogP contribution in [0.2, 0.25) is 0 Å². The number of carbonyl (C=O) groups excluding carboxylic acids is 1. The molecule has 0 aliphatic carbocycles. The fraction of sp³-hybridized carbons (Fsp3) is 0.182. The van der Waals surface area contributed by atoms with Crippen LogP contribution in [0.25, 0.3) is 17.0 Å². The van der Waals surface area contributed by atoms with Gasteiger partial charge in [0.1, 0.15) is 18.7 Å². The minimum absolute atomic E-state index is 0.176. The standard InChI is InChI=1S/C22H21NO6S/c1-15-10-19-18(12-21(24)29-20(19)11-16(15)2)14-28-22(25)13-23-30(26,27)9-8-17-6-4-3-5-7-17/h3-12,23H,13-14H2,1-2H3/b9-8+. The van der Waals surface area contributed by atoms with Crippen LogP contribution < -0.4 is 10.3 Å². The molecule has 0 saturated carbocycles. The fourth-order valence-corrected chi connectivity index (χ4v) is 3.50. The first-order valence-corrected chi connectivity index (χ1v) is 10.7. The van der Waals surface area contributed by atoms with Crippen LogP contribution in [-0.2, 0) is 26.2 Å². The summed E-state index contributed by atoms with van der Waals surface area (Å²) < 4.78 is 36.5. The summed E-state index contributed by atoms with van der Waals surface area (Å²) in [6.45, 7) is 3.12. The second-order valence-electron chi connectivity index (χ2n) is 6.76. The minimum Gasteiger partial charge on any atom is -0.460 e. The Morgan fingerprint density at radius 3 is 2.53 bits per heavy atom. The topological polar surface area (TPSA) is 103 Å². The lowest BCUT2D eigenvalue weighted by molar-refractivity contribution is -0.143. The molecule has 7 nitrogen and oxygen atoms in total. The van der Waals surface area contributed by atoms with Gasteiger partial charge in [0, 0.05) is 22.4 Å². The first-order valence-electron chi connectivity index (χ1n) is 9.16. The third-order valence-corrected chi connectivity index (χ3v) is 5.53. The van der Waals surface area contributed by atoms with Crippen molar-refractivity contribution in [3.63, 3.8) is 0 Å². The summed E-state index contributed by atoms with van der Waals surface area (Å²) in [4.78, 5) is 23.8. The lowest BCUT2D eigenvalue weighted by atomic mass is 10.0. The van der Waals surface area contributed by atoms with Crippen LogP contribution in [0, 0.1) is 13.8 Å². The van der Waals surface area contributed by atoms with E-state index in [1.807, 2.05) is 26.0 Å². The summed E-state index contributed by atoms with van der Waals surface area (Å²) in [5, 5.41) is 1.65. The van der Waals surface area contributed by atoms with Crippen molar-refractivity contribution in [3.05, 3.63) is 86.6 Å². The highest BCUT2D eigenvalue weighted by Crippen LogP contribution is 2.22. The molecule has 1 aromatic heterocycles. The van der Waals surface area contributed by atoms with Crippen LogP contribution in [0.5, 0.6) is 0 Å². The molecule has 2 aromatic carbocycles. The third-order valence-electron chi connectivity index (χ3n) is 4.49. The van der Waals surface area contributed by atoms with Gasteiger partial charge in [0.25, 0.3) is 0 Å². The highest BCUT2D eigenvalue weighted by atomic mass is 32.2. The second kappa shape index (κ2) is 9.06. The molecule has 3 rings (SSSR count). The normalized spacial score (nSPS) is 11.8. The molecule has 0 unspecified atom stereocenters. The van der Waals surface area contributed by atoms with Gasteiger partial charge in [0.2, 0.25) is 10.0 Å². The van der Waals surface area contributed by atoms with Gasteiger partial charge in [0.15, 0.2) is 0 Å². The van der Waals surface area contributed by atoms with Crippen molar-refractivity contribution in [3.8, 4) is 0 Å². The van der Waals surface area contributed by atoms with Crippen LogP contribution in [0.3, 0.4) is 0 Å². The summed E-state index contributed by atoms with van der Waals surface area (Å²) >= 11 is 0. The molecule has 30 heavy (non-hydrogen) atoms. The number of sulfonamides is 1. The van der Waals surface area contributed by atoms with Crippen molar-refractivity contribution in [2.75, 3.05) is 6.54 Å². The summed E-state index contributed by atoms with van der Waals surface area (Å²) in [7, 11) is -3.81. The molecule has 0 amide bonds. The van der Waals surface area contributed by atoms with Crippen molar-refractivity contribution in [2.45, 2.75) is 20.5 Å². The lowest BCUT2D eigenvalue weighted by Crippen LogP contribution is -2.29. The predicted molar refractivity (Wildman–Crippen MR) is 114 cm³/mol. The van der Waals surface area contributed by atoms with Gasteiger partial charge >= 0.3 is 11.6 Å². The zero-order valence-corrected chi connectivity index (χ0v) is 17.4. The Bertz CT molecular complexity index is 1260. The van der Waals surface area contributed by atoms with Crippen molar-refractivity contribution in [1.82, 2.24) is 4.72 Å².